The topological polar surface area (TPSA) is 55.3 Å². The number of ether oxygens (including phenoxy) is 1. The van der Waals surface area contributed by atoms with E-state index in [1.165, 1.54) is 6.20 Å². The van der Waals surface area contributed by atoms with Crippen molar-refractivity contribution in [2.75, 3.05) is 13.2 Å². The van der Waals surface area contributed by atoms with E-state index in [-0.39, 0.29) is 18.1 Å². The van der Waals surface area contributed by atoms with E-state index >= 15 is 0 Å². The van der Waals surface area contributed by atoms with Gasteiger partial charge in [-0.25, -0.2) is 0 Å². The van der Waals surface area contributed by atoms with Gasteiger partial charge in [-0.05, 0) is 18.9 Å². The Hall–Kier alpha value is -1.75. The van der Waals surface area contributed by atoms with Gasteiger partial charge in [0.15, 0.2) is 0 Å². The van der Waals surface area contributed by atoms with Crippen LogP contribution in [0.1, 0.15) is 23.2 Å². The molecule has 1 aromatic heterocycles. The predicted molar refractivity (Wildman–Crippen MR) is 69.5 cm³/mol. The normalized spacial score (nSPS) is 28.6. The second-order valence-corrected chi connectivity index (χ2v) is 5.08. The highest BCUT2D eigenvalue weighted by Gasteiger charge is 2.49. The van der Waals surface area contributed by atoms with Gasteiger partial charge in [0.1, 0.15) is 0 Å². The van der Waals surface area contributed by atoms with Gasteiger partial charge in [-0.2, -0.15) is 10.2 Å². The molecule has 0 aromatic carbocycles. The monoisotopic (exact) mass is 259 g/mol. The standard InChI is InChI=1S/C14H17N3O2/c1-2-7-19-13-11-3-4-12(13)17(9-11)14(18)10-5-6-15-16-8-10/h2,5-6,8,11-13H,1,3-4,7,9H2. The minimum atomic E-state index is 0.0364. The molecule has 3 rings (SSSR count). The highest BCUT2D eigenvalue weighted by Crippen LogP contribution is 2.40. The first-order chi connectivity index (χ1) is 9.31. The van der Waals surface area contributed by atoms with Crippen molar-refractivity contribution in [2.45, 2.75) is 25.0 Å². The summed E-state index contributed by atoms with van der Waals surface area (Å²) in [7, 11) is 0. The fraction of sp³-hybridized carbons (Fsp3) is 0.500. The molecule has 1 saturated carbocycles. The molecule has 1 aliphatic heterocycles. The van der Waals surface area contributed by atoms with Crippen LogP contribution in [0.2, 0.25) is 0 Å². The van der Waals surface area contributed by atoms with Crippen LogP contribution in [0, 0.1) is 5.92 Å². The number of carbonyl (C=O) groups is 1. The number of carbonyl (C=O) groups excluding carboxylic acids is 1. The summed E-state index contributed by atoms with van der Waals surface area (Å²) < 4.78 is 5.82. The Morgan fingerprint density at radius 3 is 3.16 bits per heavy atom. The van der Waals surface area contributed by atoms with E-state index in [4.69, 9.17) is 4.74 Å². The van der Waals surface area contributed by atoms with E-state index in [0.717, 1.165) is 19.4 Å². The molecule has 100 valence electrons. The van der Waals surface area contributed by atoms with Gasteiger partial charge in [0, 0.05) is 12.5 Å². The number of aromatic nitrogens is 2. The number of likely N-dealkylation sites (tertiary alicyclic amines) is 1. The van der Waals surface area contributed by atoms with Crippen LogP contribution < -0.4 is 0 Å². The first-order valence-electron chi connectivity index (χ1n) is 6.61. The summed E-state index contributed by atoms with van der Waals surface area (Å²) >= 11 is 0. The number of hydrogen-bond acceptors (Lipinski definition) is 4. The Kier molecular flexibility index (Phi) is 3.29. The van der Waals surface area contributed by atoms with Crippen LogP contribution >= 0.6 is 0 Å². The molecule has 5 nitrogen and oxygen atoms in total. The predicted octanol–water partition coefficient (Wildman–Crippen LogP) is 1.28. The summed E-state index contributed by atoms with van der Waals surface area (Å²) in [5, 5.41) is 7.47. The molecule has 0 radical (unpaired) electrons. The van der Waals surface area contributed by atoms with Crippen molar-refractivity contribution in [3.8, 4) is 0 Å². The Morgan fingerprint density at radius 2 is 2.42 bits per heavy atom. The number of fused-ring (bicyclic) bond motifs is 2. The fourth-order valence-electron chi connectivity index (χ4n) is 3.19. The molecule has 1 amide bonds. The Bertz CT molecular complexity index is 477. The molecule has 0 N–H and O–H groups in total. The molecule has 3 unspecified atom stereocenters. The van der Waals surface area contributed by atoms with Crippen molar-refractivity contribution in [3.05, 3.63) is 36.7 Å². The lowest BCUT2D eigenvalue weighted by atomic mass is 10.1. The van der Waals surface area contributed by atoms with E-state index < -0.39 is 0 Å². The average molecular weight is 259 g/mol. The van der Waals surface area contributed by atoms with Crippen LogP contribution in [0.3, 0.4) is 0 Å². The molecule has 2 heterocycles. The van der Waals surface area contributed by atoms with Crippen LogP contribution in [0.5, 0.6) is 0 Å². The second-order valence-electron chi connectivity index (χ2n) is 5.08. The lowest BCUT2D eigenvalue weighted by Gasteiger charge is -2.27. The van der Waals surface area contributed by atoms with Crippen molar-refractivity contribution in [1.29, 1.82) is 0 Å². The maximum absolute atomic E-state index is 12.4. The van der Waals surface area contributed by atoms with Gasteiger partial charge in [-0.3, -0.25) is 4.79 Å². The molecule has 3 atom stereocenters. The molecule has 5 heteroatoms. The first kappa shape index (κ1) is 12.3. The van der Waals surface area contributed by atoms with Crippen LogP contribution in [0.15, 0.2) is 31.1 Å². The summed E-state index contributed by atoms with van der Waals surface area (Å²) in [5.41, 5.74) is 0.602. The molecule has 1 aromatic rings. The quantitative estimate of drug-likeness (QED) is 0.764. The molecule has 0 spiro atoms. The maximum Gasteiger partial charge on any atom is 0.255 e. The van der Waals surface area contributed by atoms with Crippen molar-refractivity contribution in [1.82, 2.24) is 15.1 Å². The van der Waals surface area contributed by atoms with Crippen LogP contribution in [-0.4, -0.2) is 46.3 Å². The van der Waals surface area contributed by atoms with E-state index in [2.05, 4.69) is 16.8 Å². The van der Waals surface area contributed by atoms with E-state index in [1.807, 2.05) is 4.90 Å². The third kappa shape index (κ3) is 2.14. The molecule has 2 aliphatic rings. The minimum Gasteiger partial charge on any atom is -0.372 e. The maximum atomic E-state index is 12.4. The molecular formula is C14H17N3O2. The van der Waals surface area contributed by atoms with Crippen molar-refractivity contribution < 1.29 is 9.53 Å². The lowest BCUT2D eigenvalue weighted by molar-refractivity contribution is 0.0408. The zero-order valence-corrected chi connectivity index (χ0v) is 10.7. The van der Waals surface area contributed by atoms with Gasteiger partial charge in [-0.1, -0.05) is 6.08 Å². The van der Waals surface area contributed by atoms with E-state index in [1.54, 1.807) is 18.3 Å². The summed E-state index contributed by atoms with van der Waals surface area (Å²) in [6, 6.07) is 1.91. The first-order valence-corrected chi connectivity index (χ1v) is 6.61. The van der Waals surface area contributed by atoms with Gasteiger partial charge in [0.25, 0.3) is 5.91 Å². The number of piperidine rings is 1. The minimum absolute atomic E-state index is 0.0364. The summed E-state index contributed by atoms with van der Waals surface area (Å²) in [5.74, 6) is 0.498. The van der Waals surface area contributed by atoms with Crippen molar-refractivity contribution in [2.24, 2.45) is 5.92 Å². The Morgan fingerprint density at radius 1 is 1.53 bits per heavy atom. The Labute approximate surface area is 112 Å². The molecule has 1 saturated heterocycles. The van der Waals surface area contributed by atoms with E-state index in [9.17, 15) is 4.79 Å². The third-order valence-electron chi connectivity index (χ3n) is 4.01. The summed E-state index contributed by atoms with van der Waals surface area (Å²) in [4.78, 5) is 14.4. The van der Waals surface area contributed by atoms with Gasteiger partial charge < -0.3 is 9.64 Å². The number of nitrogens with zero attached hydrogens (tertiary/aromatic N) is 3. The summed E-state index contributed by atoms with van der Waals surface area (Å²) in [6.07, 6.45) is 7.16. The summed E-state index contributed by atoms with van der Waals surface area (Å²) in [6.45, 7) is 5.01. The molecule has 2 fully saturated rings. The number of hydrogen-bond donors (Lipinski definition) is 0. The second kappa shape index (κ2) is 5.09. The van der Waals surface area contributed by atoms with Crippen molar-refractivity contribution >= 4 is 5.91 Å². The largest absolute Gasteiger partial charge is 0.372 e. The smallest absolute Gasteiger partial charge is 0.255 e. The molecular weight excluding hydrogens is 242 g/mol. The van der Waals surface area contributed by atoms with Gasteiger partial charge in [0.05, 0.1) is 36.7 Å². The average Bonchev–Trinajstić information content (AvgIpc) is 3.02. The molecule has 19 heavy (non-hydrogen) atoms. The van der Waals surface area contributed by atoms with Crippen LogP contribution in [-0.2, 0) is 4.74 Å². The zero-order chi connectivity index (χ0) is 13.2. The highest BCUT2D eigenvalue weighted by molar-refractivity contribution is 5.94. The van der Waals surface area contributed by atoms with Gasteiger partial charge >= 0.3 is 0 Å². The Balaban J connectivity index is 1.74. The van der Waals surface area contributed by atoms with Crippen LogP contribution in [0.25, 0.3) is 0 Å². The third-order valence-corrected chi connectivity index (χ3v) is 4.01. The van der Waals surface area contributed by atoms with Gasteiger partial charge in [0.2, 0.25) is 0 Å². The number of amides is 1. The molecule has 1 aliphatic carbocycles. The number of rotatable bonds is 4. The SMILES string of the molecule is C=CCOC1C2CCC1N(C(=O)c1ccnnc1)C2. The zero-order valence-electron chi connectivity index (χ0n) is 10.7. The van der Waals surface area contributed by atoms with Crippen LogP contribution in [0.4, 0.5) is 0 Å². The van der Waals surface area contributed by atoms with Gasteiger partial charge in [-0.15, -0.1) is 6.58 Å². The van der Waals surface area contributed by atoms with E-state index in [0.29, 0.717) is 18.1 Å². The lowest BCUT2D eigenvalue weighted by Crippen LogP contribution is -2.40. The van der Waals surface area contributed by atoms with Crippen molar-refractivity contribution in [3.63, 3.8) is 0 Å². The highest BCUT2D eigenvalue weighted by atomic mass is 16.5. The molecule has 2 bridgehead atoms. The fourth-order valence-corrected chi connectivity index (χ4v) is 3.19.